The van der Waals surface area contributed by atoms with E-state index in [9.17, 15) is 36.2 Å². The number of morpholine rings is 1. The molecule has 0 bridgehead atoms. The average Bonchev–Trinajstić information content (AvgIpc) is 2.93. The number of amides is 1. The van der Waals surface area contributed by atoms with Crippen molar-refractivity contribution in [2.45, 2.75) is 37.8 Å². The molecular weight excluding hydrogens is 568 g/mol. The second kappa shape index (κ2) is 13.2. The molecule has 0 radical (unpaired) electrons. The van der Waals surface area contributed by atoms with Crippen LogP contribution >= 0.6 is 0 Å². The average molecular weight is 604 g/mol. The molecule has 7 nitrogen and oxygen atoms in total. The van der Waals surface area contributed by atoms with Crippen molar-refractivity contribution in [1.29, 1.82) is 0 Å². The maximum absolute atomic E-state index is 13.6. The zero-order valence-corrected chi connectivity index (χ0v) is 23.5. The molecule has 2 atom stereocenters. The number of carbonyl (C=O) groups excluding carboxylic acids is 1. The lowest BCUT2D eigenvalue weighted by Crippen LogP contribution is -2.57. The topological polar surface area (TPSA) is 65.5 Å². The number of benzene rings is 2. The Bertz CT molecular complexity index is 1200. The number of nitrogens with zero attached hydrogens (tertiary/aromatic N) is 3. The van der Waals surface area contributed by atoms with Gasteiger partial charge >= 0.3 is 12.4 Å². The molecule has 1 amide bonds. The molecule has 0 spiro atoms. The monoisotopic (exact) mass is 603 g/mol. The van der Waals surface area contributed by atoms with E-state index in [-0.39, 0.29) is 30.9 Å². The van der Waals surface area contributed by atoms with Crippen LogP contribution in [0, 0.1) is 6.92 Å². The van der Waals surface area contributed by atoms with Gasteiger partial charge in [-0.1, -0.05) is 12.1 Å². The molecule has 0 saturated carbocycles. The third kappa shape index (κ3) is 8.15. The number of aromatic hydroxyl groups is 1. The largest absolute Gasteiger partial charge is 0.508 e. The molecule has 2 aliphatic rings. The van der Waals surface area contributed by atoms with E-state index in [1.165, 1.54) is 4.90 Å². The predicted octanol–water partition coefficient (Wildman–Crippen LogP) is 4.45. The number of rotatable bonds is 8. The van der Waals surface area contributed by atoms with Crippen LogP contribution in [0.5, 0.6) is 5.75 Å². The van der Waals surface area contributed by atoms with Gasteiger partial charge in [-0.25, -0.2) is 0 Å². The van der Waals surface area contributed by atoms with Crippen molar-refractivity contribution < 1.29 is 45.7 Å². The predicted molar refractivity (Wildman–Crippen MR) is 142 cm³/mol. The van der Waals surface area contributed by atoms with Crippen LogP contribution in [0.1, 0.15) is 32.6 Å². The van der Waals surface area contributed by atoms with Gasteiger partial charge in [0.2, 0.25) is 0 Å². The van der Waals surface area contributed by atoms with Crippen molar-refractivity contribution in [1.82, 2.24) is 14.7 Å². The first-order valence-corrected chi connectivity index (χ1v) is 13.7. The molecule has 2 aliphatic heterocycles. The molecule has 2 aromatic rings. The van der Waals surface area contributed by atoms with E-state index >= 15 is 0 Å². The van der Waals surface area contributed by atoms with Gasteiger partial charge in [0.15, 0.2) is 0 Å². The van der Waals surface area contributed by atoms with E-state index in [4.69, 9.17) is 9.47 Å². The van der Waals surface area contributed by atoms with Crippen molar-refractivity contribution in [3.05, 3.63) is 64.2 Å². The lowest BCUT2D eigenvalue weighted by molar-refractivity contribution is -0.143. The summed E-state index contributed by atoms with van der Waals surface area (Å²) in [5.74, 6) is -0.841. The maximum atomic E-state index is 13.6. The van der Waals surface area contributed by atoms with Gasteiger partial charge < -0.3 is 19.5 Å². The van der Waals surface area contributed by atoms with Gasteiger partial charge in [-0.15, -0.1) is 0 Å². The normalized spacial score (nSPS) is 21.1. The zero-order chi connectivity index (χ0) is 30.7. The number of phenolic OH excluding ortho intramolecular Hbond substituents is 1. The van der Waals surface area contributed by atoms with Crippen molar-refractivity contribution in [2.75, 3.05) is 66.1 Å². The minimum absolute atomic E-state index is 0.0180. The summed E-state index contributed by atoms with van der Waals surface area (Å²) in [7, 11) is 1.61. The summed E-state index contributed by atoms with van der Waals surface area (Å²) in [6.07, 6.45) is -9.89. The first-order chi connectivity index (χ1) is 19.7. The smallest absolute Gasteiger partial charge is 0.416 e. The number of alkyl halides is 6. The summed E-state index contributed by atoms with van der Waals surface area (Å²) in [5.41, 5.74) is -2.38. The Balaban J connectivity index is 1.56. The molecule has 2 aromatic carbocycles. The van der Waals surface area contributed by atoms with E-state index in [0.29, 0.717) is 62.7 Å². The summed E-state index contributed by atoms with van der Waals surface area (Å²) >= 11 is 0. The van der Waals surface area contributed by atoms with Crippen molar-refractivity contribution >= 4 is 5.91 Å². The molecule has 13 heteroatoms. The third-order valence-electron chi connectivity index (χ3n) is 7.72. The zero-order valence-electron chi connectivity index (χ0n) is 23.5. The highest BCUT2D eigenvalue weighted by molar-refractivity contribution is 5.95. The van der Waals surface area contributed by atoms with E-state index < -0.39 is 41.0 Å². The fourth-order valence-corrected chi connectivity index (χ4v) is 5.42. The molecule has 0 aromatic heterocycles. The van der Waals surface area contributed by atoms with Crippen LogP contribution in [0.4, 0.5) is 26.3 Å². The van der Waals surface area contributed by atoms with Crippen LogP contribution < -0.4 is 0 Å². The molecule has 0 aliphatic carbocycles. The van der Waals surface area contributed by atoms with Crippen LogP contribution in [0.25, 0.3) is 0 Å². The standard InChI is InChI=1S/C29H35F6N3O4/c1-19-3-4-20(12-26(19)39)11-24-16-36(5-6-37-9-10-42-25(17-37)18-41-2)7-8-38(24)27(40)21-13-22(28(30,31)32)15-23(14-21)29(33,34)35/h3-4,12-15,24-25,39H,5-11,16-18H2,1-2H3/t24-,25?/m1/s1. The molecule has 2 fully saturated rings. The van der Waals surface area contributed by atoms with Crippen molar-refractivity contribution in [3.63, 3.8) is 0 Å². The van der Waals surface area contributed by atoms with Gasteiger partial charge in [-0.2, -0.15) is 26.3 Å². The Labute approximate surface area is 240 Å². The van der Waals surface area contributed by atoms with Crippen LogP contribution in [0.2, 0.25) is 0 Å². The van der Waals surface area contributed by atoms with E-state index in [0.717, 1.165) is 13.1 Å². The molecule has 1 N–H and O–H groups in total. The van der Waals surface area contributed by atoms with Gasteiger partial charge in [0, 0.05) is 64.5 Å². The minimum Gasteiger partial charge on any atom is -0.508 e. The molecule has 42 heavy (non-hydrogen) atoms. The summed E-state index contributed by atoms with van der Waals surface area (Å²) in [6.45, 7) is 6.49. The van der Waals surface area contributed by atoms with E-state index in [1.807, 2.05) is 0 Å². The number of ether oxygens (including phenoxy) is 2. The number of aryl methyl sites for hydroxylation is 1. The van der Waals surface area contributed by atoms with Crippen molar-refractivity contribution in [3.8, 4) is 5.75 Å². The SMILES string of the molecule is COCC1CN(CCN2CCN(C(=O)c3cc(C(F)(F)F)cc(C(F)(F)F)c3)[C@H](Cc3ccc(C)c(O)c3)C2)CCO1. The van der Waals surface area contributed by atoms with Gasteiger partial charge in [0.1, 0.15) is 5.75 Å². The Kier molecular flexibility index (Phi) is 10.1. The van der Waals surface area contributed by atoms with Gasteiger partial charge in [0.05, 0.1) is 30.4 Å². The summed E-state index contributed by atoms with van der Waals surface area (Å²) < 4.78 is 91.8. The van der Waals surface area contributed by atoms with Crippen LogP contribution in [0.3, 0.4) is 0 Å². The molecule has 4 rings (SSSR count). The Hall–Kier alpha value is -2.87. The highest BCUT2D eigenvalue weighted by Gasteiger charge is 2.39. The number of carbonyl (C=O) groups is 1. The first-order valence-electron chi connectivity index (χ1n) is 13.7. The van der Waals surface area contributed by atoms with E-state index in [2.05, 4.69) is 9.80 Å². The number of hydrogen-bond donors (Lipinski definition) is 1. The third-order valence-corrected chi connectivity index (χ3v) is 7.72. The summed E-state index contributed by atoms with van der Waals surface area (Å²) in [5, 5.41) is 10.2. The molecule has 1 unspecified atom stereocenters. The van der Waals surface area contributed by atoms with Crippen LogP contribution in [0.15, 0.2) is 36.4 Å². The summed E-state index contributed by atoms with van der Waals surface area (Å²) in [4.78, 5) is 19.3. The van der Waals surface area contributed by atoms with Gasteiger partial charge in [0.25, 0.3) is 5.91 Å². The lowest BCUT2D eigenvalue weighted by Gasteiger charge is -2.43. The second-order valence-electron chi connectivity index (χ2n) is 10.8. The van der Waals surface area contributed by atoms with Crippen molar-refractivity contribution in [2.24, 2.45) is 0 Å². The summed E-state index contributed by atoms with van der Waals surface area (Å²) in [6, 6.07) is 5.49. The van der Waals surface area contributed by atoms with Crippen LogP contribution in [-0.4, -0.2) is 104 Å². The number of hydrogen-bond acceptors (Lipinski definition) is 6. The number of methoxy groups -OCH3 is 1. The Morgan fingerprint density at radius 1 is 0.952 bits per heavy atom. The highest BCUT2D eigenvalue weighted by atomic mass is 19.4. The molecule has 2 saturated heterocycles. The highest BCUT2D eigenvalue weighted by Crippen LogP contribution is 2.37. The number of halogens is 6. The lowest BCUT2D eigenvalue weighted by atomic mass is 9.98. The second-order valence-corrected chi connectivity index (χ2v) is 10.8. The maximum Gasteiger partial charge on any atom is 0.416 e. The molecule has 2 heterocycles. The fraction of sp³-hybridized carbons (Fsp3) is 0.552. The Morgan fingerprint density at radius 2 is 1.60 bits per heavy atom. The first kappa shape index (κ1) is 32.1. The number of phenols is 1. The number of piperazine rings is 1. The molecule has 232 valence electrons. The Morgan fingerprint density at radius 3 is 2.19 bits per heavy atom. The van der Waals surface area contributed by atoms with Gasteiger partial charge in [-0.3, -0.25) is 14.6 Å². The minimum atomic E-state index is -5.06. The quantitative estimate of drug-likeness (QED) is 0.450. The molecular formula is C29H35F6N3O4. The van der Waals surface area contributed by atoms with E-state index in [1.54, 1.807) is 32.2 Å². The van der Waals surface area contributed by atoms with Crippen LogP contribution in [-0.2, 0) is 28.2 Å². The van der Waals surface area contributed by atoms with Gasteiger partial charge in [-0.05, 0) is 48.7 Å². The fourth-order valence-electron chi connectivity index (χ4n) is 5.42.